The second-order valence-corrected chi connectivity index (χ2v) is 12.9. The Morgan fingerprint density at radius 2 is 0.800 bits per heavy atom. The molecular weight excluding hydrogens is 611 g/mol. The molecule has 4 heterocycles. The maximum absolute atomic E-state index is 5.12. The van der Waals surface area contributed by atoms with Gasteiger partial charge in [0.25, 0.3) is 0 Å². The first-order valence-corrected chi connectivity index (χ1v) is 16.9. The molecule has 11 rings (SSSR count). The van der Waals surface area contributed by atoms with Gasteiger partial charge in [-0.3, -0.25) is 4.57 Å². The second kappa shape index (κ2) is 10.3. The number of benzene rings is 7. The third-order valence-corrected chi connectivity index (χ3v) is 10.1. The van der Waals surface area contributed by atoms with E-state index in [1.807, 2.05) is 30.3 Å². The highest BCUT2D eigenvalue weighted by Gasteiger charge is 2.19. The summed E-state index contributed by atoms with van der Waals surface area (Å²) in [7, 11) is 0. The maximum atomic E-state index is 5.12. The van der Waals surface area contributed by atoms with E-state index in [0.717, 1.165) is 27.7 Å². The summed E-state index contributed by atoms with van der Waals surface area (Å²) in [5, 5.41) is 7.48. The van der Waals surface area contributed by atoms with E-state index >= 15 is 0 Å². The van der Waals surface area contributed by atoms with Crippen LogP contribution in [-0.4, -0.2) is 23.9 Å². The first-order chi connectivity index (χ1) is 24.8. The SMILES string of the molecule is c1ccc(-c2nc(-c3ccc(-c4ccc5c(c4)c4cccc6c7ccccc7n5c64)cc3)nc(-n3c4ccccc4c4ccccc43)n2)cc1. The lowest BCUT2D eigenvalue weighted by molar-refractivity contribution is 0.953. The van der Waals surface area contributed by atoms with Crippen molar-refractivity contribution in [2.75, 3.05) is 0 Å². The Balaban J connectivity index is 1.06. The quantitative estimate of drug-likeness (QED) is 0.193. The minimum absolute atomic E-state index is 0.597. The number of nitrogens with zero attached hydrogens (tertiary/aromatic N) is 5. The van der Waals surface area contributed by atoms with Gasteiger partial charge in [-0.05, 0) is 41.5 Å². The summed E-state index contributed by atoms with van der Waals surface area (Å²) in [6.07, 6.45) is 0. The fourth-order valence-electron chi connectivity index (χ4n) is 7.87. The molecule has 11 aromatic rings. The minimum atomic E-state index is 0.597. The zero-order valence-corrected chi connectivity index (χ0v) is 26.8. The van der Waals surface area contributed by atoms with Crippen LogP contribution in [0.4, 0.5) is 0 Å². The van der Waals surface area contributed by atoms with Crippen LogP contribution in [0.2, 0.25) is 0 Å². The van der Waals surface area contributed by atoms with Crippen molar-refractivity contribution < 1.29 is 0 Å². The van der Waals surface area contributed by atoms with Crippen molar-refractivity contribution in [2.24, 2.45) is 0 Å². The number of para-hydroxylation sites is 4. The van der Waals surface area contributed by atoms with Gasteiger partial charge in [0.2, 0.25) is 5.95 Å². The van der Waals surface area contributed by atoms with E-state index in [9.17, 15) is 0 Å². The average molecular weight is 638 g/mol. The van der Waals surface area contributed by atoms with Gasteiger partial charge < -0.3 is 4.40 Å². The van der Waals surface area contributed by atoms with E-state index in [1.165, 1.54) is 54.4 Å². The largest absolute Gasteiger partial charge is 0.308 e. The van der Waals surface area contributed by atoms with Gasteiger partial charge in [-0.25, -0.2) is 4.98 Å². The van der Waals surface area contributed by atoms with Crippen LogP contribution in [0.5, 0.6) is 0 Å². The zero-order valence-electron chi connectivity index (χ0n) is 26.8. The van der Waals surface area contributed by atoms with Crippen molar-refractivity contribution >= 4 is 59.9 Å². The predicted molar refractivity (Wildman–Crippen MR) is 205 cm³/mol. The van der Waals surface area contributed by atoms with Gasteiger partial charge in [-0.2, -0.15) is 9.97 Å². The smallest absolute Gasteiger partial charge is 0.238 e. The lowest BCUT2D eigenvalue weighted by Crippen LogP contribution is -2.06. The molecule has 5 nitrogen and oxygen atoms in total. The molecule has 0 N–H and O–H groups in total. The van der Waals surface area contributed by atoms with Crippen LogP contribution in [0.3, 0.4) is 0 Å². The molecule has 0 unspecified atom stereocenters. The van der Waals surface area contributed by atoms with Crippen LogP contribution in [0, 0.1) is 0 Å². The molecule has 0 atom stereocenters. The van der Waals surface area contributed by atoms with Crippen molar-refractivity contribution in [2.45, 2.75) is 0 Å². The lowest BCUT2D eigenvalue weighted by atomic mass is 10.0. The van der Waals surface area contributed by atoms with Gasteiger partial charge in [0.15, 0.2) is 11.6 Å². The molecule has 0 saturated heterocycles. The summed E-state index contributed by atoms with van der Waals surface area (Å²) in [5.41, 5.74) is 10.1. The molecule has 0 spiro atoms. The molecule has 5 heteroatoms. The van der Waals surface area contributed by atoms with E-state index in [4.69, 9.17) is 15.0 Å². The van der Waals surface area contributed by atoms with Crippen LogP contribution >= 0.6 is 0 Å². The van der Waals surface area contributed by atoms with E-state index in [0.29, 0.717) is 17.6 Å². The molecule has 232 valence electrons. The first kappa shape index (κ1) is 27.1. The molecule has 50 heavy (non-hydrogen) atoms. The Bertz CT molecular complexity index is 3030. The Morgan fingerprint density at radius 1 is 0.320 bits per heavy atom. The summed E-state index contributed by atoms with van der Waals surface area (Å²) < 4.78 is 4.57. The van der Waals surface area contributed by atoms with E-state index in [-0.39, 0.29) is 0 Å². The molecule has 7 aromatic carbocycles. The van der Waals surface area contributed by atoms with Crippen molar-refractivity contribution in [3.05, 3.63) is 164 Å². The summed E-state index contributed by atoms with van der Waals surface area (Å²) >= 11 is 0. The van der Waals surface area contributed by atoms with Gasteiger partial charge in [0.1, 0.15) is 0 Å². The minimum Gasteiger partial charge on any atom is -0.308 e. The Hall–Kier alpha value is -6.85. The average Bonchev–Trinajstić information content (AvgIpc) is 3.83. The molecule has 0 aliphatic rings. The van der Waals surface area contributed by atoms with Crippen LogP contribution in [-0.2, 0) is 0 Å². The Labute approximate surface area is 286 Å². The van der Waals surface area contributed by atoms with Crippen molar-refractivity contribution in [1.29, 1.82) is 0 Å². The van der Waals surface area contributed by atoms with Crippen molar-refractivity contribution in [1.82, 2.24) is 23.9 Å². The molecule has 0 aliphatic heterocycles. The van der Waals surface area contributed by atoms with E-state index in [2.05, 4.69) is 142 Å². The Kier molecular flexibility index (Phi) is 5.60. The van der Waals surface area contributed by atoms with Gasteiger partial charge in [-0.1, -0.05) is 133 Å². The van der Waals surface area contributed by atoms with Gasteiger partial charge in [0, 0.05) is 43.4 Å². The lowest BCUT2D eigenvalue weighted by Gasteiger charge is -2.11. The van der Waals surface area contributed by atoms with E-state index in [1.54, 1.807) is 0 Å². The number of fused-ring (bicyclic) bond motifs is 9. The summed E-state index contributed by atoms with van der Waals surface area (Å²) in [4.78, 5) is 15.2. The highest BCUT2D eigenvalue weighted by Crippen LogP contribution is 2.40. The highest BCUT2D eigenvalue weighted by molar-refractivity contribution is 6.23. The normalized spacial score (nSPS) is 12.0. The third kappa shape index (κ3) is 3.86. The monoisotopic (exact) mass is 637 g/mol. The Morgan fingerprint density at radius 3 is 1.48 bits per heavy atom. The fourth-order valence-corrected chi connectivity index (χ4v) is 7.87. The molecular formula is C45H27N5. The third-order valence-electron chi connectivity index (χ3n) is 10.1. The van der Waals surface area contributed by atoms with Crippen LogP contribution < -0.4 is 0 Å². The second-order valence-electron chi connectivity index (χ2n) is 12.9. The number of aromatic nitrogens is 5. The number of hydrogen-bond donors (Lipinski definition) is 0. The van der Waals surface area contributed by atoms with Gasteiger partial charge in [-0.15, -0.1) is 0 Å². The van der Waals surface area contributed by atoms with Crippen LogP contribution in [0.1, 0.15) is 0 Å². The van der Waals surface area contributed by atoms with E-state index < -0.39 is 0 Å². The van der Waals surface area contributed by atoms with Gasteiger partial charge >= 0.3 is 0 Å². The first-order valence-electron chi connectivity index (χ1n) is 16.9. The summed E-state index contributed by atoms with van der Waals surface area (Å²) in [5.74, 6) is 1.87. The summed E-state index contributed by atoms with van der Waals surface area (Å²) in [6.45, 7) is 0. The molecule has 0 saturated carbocycles. The molecule has 0 aliphatic carbocycles. The summed E-state index contributed by atoms with van der Waals surface area (Å²) in [6, 6.07) is 57.8. The fraction of sp³-hybridized carbons (Fsp3) is 0. The molecule has 0 amide bonds. The predicted octanol–water partition coefficient (Wildman–Crippen LogP) is 11.1. The number of hydrogen-bond acceptors (Lipinski definition) is 3. The molecule has 0 bridgehead atoms. The maximum Gasteiger partial charge on any atom is 0.238 e. The molecule has 0 fully saturated rings. The van der Waals surface area contributed by atoms with Crippen LogP contribution in [0.15, 0.2) is 164 Å². The van der Waals surface area contributed by atoms with Gasteiger partial charge in [0.05, 0.1) is 27.6 Å². The van der Waals surface area contributed by atoms with Crippen molar-refractivity contribution in [3.8, 4) is 39.9 Å². The standard InChI is InChI=1S/C45H27N5/c1-2-11-29(12-3-1)43-46-44(48-45(47-43)50-39-19-8-4-13-32(39)33-14-5-9-20-40(33)50)30-23-21-28(22-24-30)31-25-26-41-37(27-31)36-17-10-16-35-34-15-6-7-18-38(34)49(41)42(35)36/h1-27H. The van der Waals surface area contributed by atoms with Crippen LogP contribution in [0.25, 0.3) is 99.8 Å². The van der Waals surface area contributed by atoms with Crippen molar-refractivity contribution in [3.63, 3.8) is 0 Å². The molecule has 4 aromatic heterocycles. The number of rotatable bonds is 4. The topological polar surface area (TPSA) is 48.0 Å². The molecule has 0 radical (unpaired) electrons. The highest BCUT2D eigenvalue weighted by atomic mass is 15.2. The zero-order chi connectivity index (χ0) is 32.8.